The topological polar surface area (TPSA) is 136 Å². The smallest absolute Gasteiger partial charge is 0.329 e. The van der Waals surface area contributed by atoms with Crippen LogP contribution in [0.1, 0.15) is 35.4 Å². The van der Waals surface area contributed by atoms with E-state index in [0.717, 1.165) is 6.42 Å². The molecule has 5 rings (SSSR count). The Kier molecular flexibility index (Phi) is 4.28. The fraction of sp³-hybridized carbons (Fsp3) is 0.238. The monoisotopic (exact) mass is 418 g/mol. The molecule has 0 aliphatic heterocycles. The molecule has 31 heavy (non-hydrogen) atoms. The van der Waals surface area contributed by atoms with Gasteiger partial charge >= 0.3 is 5.69 Å². The van der Waals surface area contributed by atoms with E-state index in [4.69, 9.17) is 4.52 Å². The van der Waals surface area contributed by atoms with Gasteiger partial charge in [0.25, 0.3) is 17.4 Å². The summed E-state index contributed by atoms with van der Waals surface area (Å²) < 4.78 is 6.68. The molecule has 1 saturated carbocycles. The van der Waals surface area contributed by atoms with Crippen molar-refractivity contribution in [2.45, 2.75) is 24.8 Å². The minimum absolute atomic E-state index is 0.179. The van der Waals surface area contributed by atoms with Crippen LogP contribution >= 0.6 is 0 Å². The van der Waals surface area contributed by atoms with Gasteiger partial charge in [-0.15, -0.1) is 0 Å². The second-order valence-corrected chi connectivity index (χ2v) is 7.59. The van der Waals surface area contributed by atoms with Crippen LogP contribution in [-0.4, -0.2) is 30.6 Å². The van der Waals surface area contributed by atoms with E-state index >= 15 is 0 Å². The third-order valence-electron chi connectivity index (χ3n) is 5.65. The van der Waals surface area contributed by atoms with Crippen molar-refractivity contribution < 1.29 is 9.32 Å². The second kappa shape index (κ2) is 7.01. The second-order valence-electron chi connectivity index (χ2n) is 7.59. The molecule has 1 aliphatic carbocycles. The Labute approximate surface area is 174 Å². The highest BCUT2D eigenvalue weighted by Gasteiger charge is 2.44. The maximum Gasteiger partial charge on any atom is 0.329 e. The number of nitrogens with one attached hydrogen (secondary N) is 2. The fourth-order valence-electron chi connectivity index (χ4n) is 3.70. The first-order chi connectivity index (χ1) is 15.0. The lowest BCUT2D eigenvalue weighted by Crippen LogP contribution is -2.51. The van der Waals surface area contributed by atoms with Crippen LogP contribution in [0, 0.1) is 0 Å². The third-order valence-corrected chi connectivity index (χ3v) is 5.65. The summed E-state index contributed by atoms with van der Waals surface area (Å²) in [6, 6.07) is 10.5. The number of hydrogen-bond acceptors (Lipinski definition) is 7. The van der Waals surface area contributed by atoms with Crippen molar-refractivity contribution in [1.82, 2.24) is 30.0 Å². The number of rotatable bonds is 4. The van der Waals surface area contributed by atoms with Gasteiger partial charge in [0.1, 0.15) is 11.2 Å². The van der Waals surface area contributed by atoms with Gasteiger partial charge in [-0.25, -0.2) is 9.78 Å². The zero-order valence-electron chi connectivity index (χ0n) is 16.6. The van der Waals surface area contributed by atoms with E-state index in [1.165, 1.54) is 17.8 Å². The van der Waals surface area contributed by atoms with Gasteiger partial charge in [-0.2, -0.15) is 4.98 Å². The average Bonchev–Trinajstić information content (AvgIpc) is 3.25. The summed E-state index contributed by atoms with van der Waals surface area (Å²) in [5.41, 5.74) is -0.528. The van der Waals surface area contributed by atoms with Crippen molar-refractivity contribution in [2.24, 2.45) is 7.05 Å². The number of pyridine rings is 1. The SMILES string of the molecule is Cn1c(=O)[nH]c(=O)c2cc(-c3nc(C4(NC(=O)c5ccccc5)CCC4)no3)cnc21. The Hall–Kier alpha value is -4.08. The Balaban J connectivity index is 1.49. The van der Waals surface area contributed by atoms with Gasteiger partial charge in [-0.3, -0.25) is 19.1 Å². The summed E-state index contributed by atoms with van der Waals surface area (Å²) in [5.74, 6) is 0.358. The number of fused-ring (bicyclic) bond motifs is 1. The molecule has 0 radical (unpaired) electrons. The van der Waals surface area contributed by atoms with Crippen LogP contribution in [0.5, 0.6) is 0 Å². The highest BCUT2D eigenvalue weighted by Crippen LogP contribution is 2.40. The fourth-order valence-corrected chi connectivity index (χ4v) is 3.70. The zero-order valence-corrected chi connectivity index (χ0v) is 16.6. The molecule has 1 amide bonds. The molecule has 0 unspecified atom stereocenters. The molecule has 1 aliphatic rings. The van der Waals surface area contributed by atoms with Gasteiger partial charge in [0, 0.05) is 18.8 Å². The molecular formula is C21H18N6O4. The first-order valence-corrected chi connectivity index (χ1v) is 9.78. The van der Waals surface area contributed by atoms with Crippen molar-refractivity contribution in [3.05, 3.63) is 74.8 Å². The molecule has 10 nitrogen and oxygen atoms in total. The number of hydrogen-bond donors (Lipinski definition) is 2. The van der Waals surface area contributed by atoms with Crippen LogP contribution in [0.3, 0.4) is 0 Å². The van der Waals surface area contributed by atoms with Crippen molar-refractivity contribution in [1.29, 1.82) is 0 Å². The molecule has 3 heterocycles. The maximum atomic E-state index is 12.7. The molecule has 0 atom stereocenters. The highest BCUT2D eigenvalue weighted by atomic mass is 16.5. The van der Waals surface area contributed by atoms with Gasteiger partial charge in [0.15, 0.2) is 5.82 Å². The number of carbonyl (C=O) groups excluding carboxylic acids is 1. The number of aromatic nitrogens is 5. The number of carbonyl (C=O) groups is 1. The summed E-state index contributed by atoms with van der Waals surface area (Å²) in [6.07, 6.45) is 3.79. The van der Waals surface area contributed by atoms with E-state index in [1.807, 2.05) is 6.07 Å². The van der Waals surface area contributed by atoms with Gasteiger partial charge in [0.2, 0.25) is 0 Å². The summed E-state index contributed by atoms with van der Waals surface area (Å²) in [7, 11) is 1.52. The molecule has 1 aromatic carbocycles. The molecule has 0 saturated heterocycles. The maximum absolute atomic E-state index is 12.7. The first-order valence-electron chi connectivity index (χ1n) is 9.78. The number of nitrogens with zero attached hydrogens (tertiary/aromatic N) is 4. The molecule has 0 bridgehead atoms. The van der Waals surface area contributed by atoms with Crippen LogP contribution < -0.4 is 16.6 Å². The molecular weight excluding hydrogens is 400 g/mol. The minimum Gasteiger partial charge on any atom is -0.339 e. The lowest BCUT2D eigenvalue weighted by molar-refractivity contribution is 0.0805. The first kappa shape index (κ1) is 18.9. The number of amides is 1. The Morgan fingerprint density at radius 2 is 2.00 bits per heavy atom. The lowest BCUT2D eigenvalue weighted by Gasteiger charge is -2.39. The van der Waals surface area contributed by atoms with Gasteiger partial charge in [-0.1, -0.05) is 23.4 Å². The van der Waals surface area contributed by atoms with E-state index in [2.05, 4.69) is 25.4 Å². The zero-order chi connectivity index (χ0) is 21.6. The Morgan fingerprint density at radius 1 is 1.23 bits per heavy atom. The van der Waals surface area contributed by atoms with Crippen LogP contribution in [0.2, 0.25) is 0 Å². The van der Waals surface area contributed by atoms with Crippen LogP contribution in [0.25, 0.3) is 22.5 Å². The largest absolute Gasteiger partial charge is 0.339 e. The molecule has 2 N–H and O–H groups in total. The van der Waals surface area contributed by atoms with E-state index in [-0.39, 0.29) is 22.8 Å². The quantitative estimate of drug-likeness (QED) is 0.512. The molecule has 3 aromatic heterocycles. The molecule has 1 fully saturated rings. The average molecular weight is 418 g/mol. The minimum atomic E-state index is -0.694. The van der Waals surface area contributed by atoms with E-state index in [9.17, 15) is 14.4 Å². The molecule has 156 valence electrons. The lowest BCUT2D eigenvalue weighted by atomic mass is 9.76. The summed E-state index contributed by atoms with van der Waals surface area (Å²) in [4.78, 5) is 47.6. The molecule has 4 aromatic rings. The van der Waals surface area contributed by atoms with Crippen molar-refractivity contribution in [3.8, 4) is 11.5 Å². The van der Waals surface area contributed by atoms with Crippen molar-refractivity contribution >= 4 is 16.9 Å². The van der Waals surface area contributed by atoms with Gasteiger partial charge < -0.3 is 9.84 Å². The third kappa shape index (κ3) is 3.12. The Bertz CT molecular complexity index is 1420. The van der Waals surface area contributed by atoms with Crippen molar-refractivity contribution in [2.75, 3.05) is 0 Å². The van der Waals surface area contributed by atoms with Crippen LogP contribution in [0.4, 0.5) is 0 Å². The molecule has 10 heteroatoms. The standard InChI is InChI=1S/C21H18N6O4/c1-27-15-14(17(29)23-20(27)30)10-13(11-22-15)18-24-19(26-31-18)21(8-5-9-21)25-16(28)12-6-3-2-4-7-12/h2-4,6-7,10-11H,5,8-9H2,1H3,(H,25,28)(H,23,29,30). The normalized spacial score (nSPS) is 14.9. The van der Waals surface area contributed by atoms with Crippen LogP contribution in [-0.2, 0) is 12.6 Å². The van der Waals surface area contributed by atoms with Crippen LogP contribution in [0.15, 0.2) is 56.7 Å². The number of benzene rings is 1. The highest BCUT2D eigenvalue weighted by molar-refractivity contribution is 5.94. The predicted molar refractivity (Wildman–Crippen MR) is 110 cm³/mol. The predicted octanol–water partition coefficient (Wildman–Crippen LogP) is 1.48. The summed E-state index contributed by atoms with van der Waals surface area (Å²) >= 11 is 0. The van der Waals surface area contributed by atoms with Crippen molar-refractivity contribution in [3.63, 3.8) is 0 Å². The molecule has 0 spiro atoms. The Morgan fingerprint density at radius 3 is 2.71 bits per heavy atom. The summed E-state index contributed by atoms with van der Waals surface area (Å²) in [6.45, 7) is 0. The van der Waals surface area contributed by atoms with E-state index in [1.54, 1.807) is 30.3 Å². The van der Waals surface area contributed by atoms with E-state index in [0.29, 0.717) is 29.8 Å². The number of aryl methyl sites for hydroxylation is 1. The summed E-state index contributed by atoms with van der Waals surface area (Å²) in [5, 5.41) is 7.38. The number of H-pyrrole nitrogens is 1. The van der Waals surface area contributed by atoms with Gasteiger partial charge in [0.05, 0.1) is 10.9 Å². The number of aromatic amines is 1. The van der Waals surface area contributed by atoms with E-state index < -0.39 is 16.8 Å². The van der Waals surface area contributed by atoms with Gasteiger partial charge in [-0.05, 0) is 37.5 Å².